The third kappa shape index (κ3) is 3.30. The minimum Gasteiger partial charge on any atom is -0.166 e. The van der Waals surface area contributed by atoms with Crippen molar-refractivity contribution >= 4 is 39.1 Å². The fraction of sp³-hybridized carbons (Fsp3) is 0.143. The smallest absolute Gasteiger partial charge is 0.166 e. The molecular weight excluding hydrogens is 376 g/mol. The van der Waals surface area contributed by atoms with Gasteiger partial charge in [-0.2, -0.15) is 13.2 Å². The largest absolute Gasteiger partial charge is 0.416 e. The summed E-state index contributed by atoms with van der Waals surface area (Å²) in [6.45, 7) is 0. The lowest BCUT2D eigenvalue weighted by atomic mass is 9.99. The van der Waals surface area contributed by atoms with Gasteiger partial charge in [-0.15, -0.1) is 0 Å². The average molecular weight is 384 g/mol. The van der Waals surface area contributed by atoms with Crippen molar-refractivity contribution in [3.63, 3.8) is 0 Å². The van der Waals surface area contributed by atoms with E-state index in [4.69, 9.17) is 23.2 Å². The summed E-state index contributed by atoms with van der Waals surface area (Å²) >= 11 is 15.1. The van der Waals surface area contributed by atoms with Crippen LogP contribution in [0.4, 0.5) is 13.2 Å². The number of alkyl halides is 4. The van der Waals surface area contributed by atoms with Crippen LogP contribution in [0, 0.1) is 0 Å². The molecule has 0 spiro atoms. The second-order valence-electron chi connectivity index (χ2n) is 4.11. The zero-order chi connectivity index (χ0) is 14.9. The second-order valence-corrected chi connectivity index (χ2v) is 5.87. The molecule has 20 heavy (non-hydrogen) atoms. The minimum absolute atomic E-state index is 0.115. The van der Waals surface area contributed by atoms with E-state index in [0.29, 0.717) is 15.6 Å². The molecule has 0 bridgehead atoms. The van der Waals surface area contributed by atoms with Gasteiger partial charge in [-0.05, 0) is 29.3 Å². The summed E-state index contributed by atoms with van der Waals surface area (Å²) < 4.78 is 39.0. The number of halogens is 6. The quantitative estimate of drug-likeness (QED) is 0.519. The zero-order valence-electron chi connectivity index (χ0n) is 9.89. The highest BCUT2D eigenvalue weighted by molar-refractivity contribution is 9.09. The molecule has 0 fully saturated rings. The molecule has 106 valence electrons. The first-order chi connectivity index (χ1) is 9.30. The summed E-state index contributed by atoms with van der Waals surface area (Å²) in [6, 6.07) is 10.1. The van der Waals surface area contributed by atoms with E-state index in [-0.39, 0.29) is 5.56 Å². The fourth-order valence-electron chi connectivity index (χ4n) is 1.85. The number of benzene rings is 2. The molecule has 0 saturated carbocycles. The molecule has 0 heterocycles. The van der Waals surface area contributed by atoms with Crippen LogP contribution in [0.25, 0.3) is 0 Å². The lowest BCUT2D eigenvalue weighted by Crippen LogP contribution is -2.10. The van der Waals surface area contributed by atoms with E-state index in [0.717, 1.165) is 6.07 Å². The molecule has 6 heteroatoms. The molecular formula is C14H8BrCl2F3. The van der Waals surface area contributed by atoms with Gasteiger partial charge in [0, 0.05) is 10.0 Å². The first kappa shape index (κ1) is 15.7. The van der Waals surface area contributed by atoms with Gasteiger partial charge in [-0.3, -0.25) is 0 Å². The van der Waals surface area contributed by atoms with Gasteiger partial charge in [0.1, 0.15) is 0 Å². The Bertz CT molecular complexity index is 626. The van der Waals surface area contributed by atoms with Crippen LogP contribution in [-0.4, -0.2) is 0 Å². The second kappa shape index (κ2) is 5.96. The van der Waals surface area contributed by atoms with Crippen molar-refractivity contribution in [1.82, 2.24) is 0 Å². The normalized spacial score (nSPS) is 13.3. The van der Waals surface area contributed by atoms with Crippen molar-refractivity contribution in [2.45, 2.75) is 11.0 Å². The van der Waals surface area contributed by atoms with Crippen molar-refractivity contribution in [1.29, 1.82) is 0 Å². The summed E-state index contributed by atoms with van der Waals surface area (Å²) in [5.74, 6) is 0. The van der Waals surface area contributed by atoms with Crippen molar-refractivity contribution in [2.24, 2.45) is 0 Å². The van der Waals surface area contributed by atoms with Gasteiger partial charge in [0.25, 0.3) is 0 Å². The summed E-state index contributed by atoms with van der Waals surface area (Å²) in [6.07, 6.45) is -4.42. The first-order valence-corrected chi connectivity index (χ1v) is 7.23. The summed E-state index contributed by atoms with van der Waals surface area (Å²) in [5.41, 5.74) is -0.0371. The van der Waals surface area contributed by atoms with E-state index in [1.165, 1.54) is 18.2 Å². The van der Waals surface area contributed by atoms with Gasteiger partial charge in [0.15, 0.2) is 0 Å². The maximum absolute atomic E-state index is 13.0. The van der Waals surface area contributed by atoms with Gasteiger partial charge in [0.05, 0.1) is 10.4 Å². The number of rotatable bonds is 2. The average Bonchev–Trinajstić information content (AvgIpc) is 2.37. The molecule has 0 aliphatic heterocycles. The Hall–Kier alpha value is -0.710. The molecule has 2 aromatic carbocycles. The molecule has 1 unspecified atom stereocenters. The van der Waals surface area contributed by atoms with Gasteiger partial charge in [-0.25, -0.2) is 0 Å². The summed E-state index contributed by atoms with van der Waals surface area (Å²) in [4.78, 5) is -0.662. The molecule has 0 amide bonds. The predicted octanol–water partition coefficient (Wildman–Crippen LogP) is 6.50. The van der Waals surface area contributed by atoms with Crippen molar-refractivity contribution < 1.29 is 13.2 Å². The third-order valence-corrected chi connectivity index (χ3v) is 4.32. The Labute approximate surface area is 132 Å². The molecule has 0 aliphatic rings. The van der Waals surface area contributed by atoms with Crippen LogP contribution in [0.2, 0.25) is 10.0 Å². The van der Waals surface area contributed by atoms with E-state index in [1.54, 1.807) is 18.2 Å². The van der Waals surface area contributed by atoms with Crippen LogP contribution in [0.15, 0.2) is 42.5 Å². The maximum atomic E-state index is 13.0. The maximum Gasteiger partial charge on any atom is 0.416 e. The van der Waals surface area contributed by atoms with Gasteiger partial charge < -0.3 is 0 Å². The fourth-order valence-corrected chi connectivity index (χ4v) is 3.30. The van der Waals surface area contributed by atoms with E-state index >= 15 is 0 Å². The Balaban J connectivity index is 2.51. The van der Waals surface area contributed by atoms with Crippen molar-refractivity contribution in [3.8, 4) is 0 Å². The minimum atomic E-state index is -4.42. The van der Waals surface area contributed by atoms with Gasteiger partial charge in [0.2, 0.25) is 0 Å². The molecule has 0 radical (unpaired) electrons. The van der Waals surface area contributed by atoms with Crippen LogP contribution in [-0.2, 0) is 6.18 Å². The summed E-state index contributed by atoms with van der Waals surface area (Å²) in [7, 11) is 0. The molecule has 0 aromatic heterocycles. The Kier molecular flexibility index (Phi) is 4.67. The van der Waals surface area contributed by atoms with Crippen molar-refractivity contribution in [3.05, 3.63) is 69.2 Å². The van der Waals surface area contributed by atoms with Gasteiger partial charge in [-0.1, -0.05) is 63.4 Å². The summed E-state index contributed by atoms with van der Waals surface area (Å²) in [5, 5.41) is 0.749. The topological polar surface area (TPSA) is 0 Å². The lowest BCUT2D eigenvalue weighted by Gasteiger charge is -2.18. The Morgan fingerprint density at radius 2 is 1.60 bits per heavy atom. The SMILES string of the molecule is FC(F)(F)c1ccccc1C(Br)c1ccc(Cl)cc1Cl. The van der Waals surface area contributed by atoms with E-state index in [9.17, 15) is 13.2 Å². The first-order valence-electron chi connectivity index (χ1n) is 5.56. The number of hydrogen-bond donors (Lipinski definition) is 0. The van der Waals surface area contributed by atoms with E-state index < -0.39 is 16.6 Å². The third-order valence-electron chi connectivity index (χ3n) is 2.77. The van der Waals surface area contributed by atoms with E-state index in [1.807, 2.05) is 0 Å². The molecule has 0 N–H and O–H groups in total. The highest BCUT2D eigenvalue weighted by Crippen LogP contribution is 2.42. The molecule has 1 atom stereocenters. The molecule has 2 aromatic rings. The Morgan fingerprint density at radius 3 is 2.20 bits per heavy atom. The molecule has 2 rings (SSSR count). The predicted molar refractivity (Wildman–Crippen MR) is 78.7 cm³/mol. The van der Waals surface area contributed by atoms with Crippen LogP contribution >= 0.6 is 39.1 Å². The molecule has 0 saturated heterocycles. The van der Waals surface area contributed by atoms with Crippen LogP contribution in [0.3, 0.4) is 0 Å². The Morgan fingerprint density at radius 1 is 0.950 bits per heavy atom. The lowest BCUT2D eigenvalue weighted by molar-refractivity contribution is -0.138. The highest BCUT2D eigenvalue weighted by atomic mass is 79.9. The van der Waals surface area contributed by atoms with Crippen LogP contribution in [0.1, 0.15) is 21.5 Å². The van der Waals surface area contributed by atoms with Crippen molar-refractivity contribution in [2.75, 3.05) is 0 Å². The number of hydrogen-bond acceptors (Lipinski definition) is 0. The zero-order valence-corrected chi connectivity index (χ0v) is 13.0. The standard InChI is InChI=1S/C14H8BrCl2F3/c15-13(10-6-5-8(16)7-12(10)17)9-3-1-2-4-11(9)14(18,19)20/h1-7,13H. The van der Waals surface area contributed by atoms with Crippen LogP contribution < -0.4 is 0 Å². The molecule has 0 aliphatic carbocycles. The van der Waals surface area contributed by atoms with Crippen LogP contribution in [0.5, 0.6) is 0 Å². The van der Waals surface area contributed by atoms with E-state index in [2.05, 4.69) is 15.9 Å². The highest BCUT2D eigenvalue weighted by Gasteiger charge is 2.35. The molecule has 0 nitrogen and oxygen atoms in total. The monoisotopic (exact) mass is 382 g/mol. The van der Waals surface area contributed by atoms with Gasteiger partial charge >= 0.3 is 6.18 Å².